The Bertz CT molecular complexity index is 435. The molecule has 2 rings (SSSR count). The molecule has 0 aliphatic heterocycles. The van der Waals surface area contributed by atoms with Crippen LogP contribution >= 0.6 is 0 Å². The fourth-order valence-corrected chi connectivity index (χ4v) is 3.15. The van der Waals surface area contributed by atoms with Gasteiger partial charge in [-0.15, -0.1) is 0 Å². The van der Waals surface area contributed by atoms with E-state index in [1.165, 1.54) is 24.0 Å². The average Bonchev–Trinajstić information content (AvgIpc) is 3.14. The van der Waals surface area contributed by atoms with Gasteiger partial charge >= 0.3 is 0 Å². The zero-order valence-corrected chi connectivity index (χ0v) is 13.3. The molecular formula is C18H29NO. The van der Waals surface area contributed by atoms with Crippen LogP contribution in [-0.2, 0) is 0 Å². The fraction of sp³-hybridized carbons (Fsp3) is 0.667. The summed E-state index contributed by atoms with van der Waals surface area (Å²) in [6.07, 6.45) is 3.28. The van der Waals surface area contributed by atoms with Crippen molar-refractivity contribution in [2.24, 2.45) is 11.3 Å². The second-order valence-corrected chi connectivity index (χ2v) is 7.27. The summed E-state index contributed by atoms with van der Waals surface area (Å²) >= 11 is 0. The summed E-state index contributed by atoms with van der Waals surface area (Å²) in [7, 11) is 0. The highest BCUT2D eigenvalue weighted by atomic mass is 16.3. The summed E-state index contributed by atoms with van der Waals surface area (Å²) in [5.41, 5.74) is 2.96. The van der Waals surface area contributed by atoms with Crippen molar-refractivity contribution in [1.82, 2.24) is 5.32 Å². The summed E-state index contributed by atoms with van der Waals surface area (Å²) < 4.78 is 0. The molecule has 20 heavy (non-hydrogen) atoms. The molecule has 2 atom stereocenters. The monoisotopic (exact) mass is 275 g/mol. The second-order valence-electron chi connectivity index (χ2n) is 7.27. The molecule has 0 radical (unpaired) electrons. The second kappa shape index (κ2) is 6.28. The number of rotatable bonds is 7. The summed E-state index contributed by atoms with van der Waals surface area (Å²) in [6, 6.07) is 9.19. The standard InChI is InChI=1S/C18H29NO/c1-13-7-5-6-8-16(13)17(15-9-10-15)19-12-18(3,4)11-14(2)20/h5-8,14-15,17,19-20H,9-12H2,1-4H3. The topological polar surface area (TPSA) is 32.3 Å². The van der Waals surface area contributed by atoms with Gasteiger partial charge in [0, 0.05) is 12.6 Å². The minimum Gasteiger partial charge on any atom is -0.393 e. The van der Waals surface area contributed by atoms with Gasteiger partial charge in [0.2, 0.25) is 0 Å². The van der Waals surface area contributed by atoms with E-state index in [1.807, 2.05) is 6.92 Å². The minimum atomic E-state index is -0.232. The number of aliphatic hydroxyl groups excluding tert-OH is 1. The van der Waals surface area contributed by atoms with Crippen LogP contribution in [0.25, 0.3) is 0 Å². The van der Waals surface area contributed by atoms with Crippen LogP contribution < -0.4 is 5.32 Å². The van der Waals surface area contributed by atoms with E-state index in [2.05, 4.69) is 50.4 Å². The van der Waals surface area contributed by atoms with Gasteiger partial charge in [-0.25, -0.2) is 0 Å². The van der Waals surface area contributed by atoms with E-state index >= 15 is 0 Å². The number of hydrogen-bond donors (Lipinski definition) is 2. The summed E-state index contributed by atoms with van der Waals surface area (Å²) in [6.45, 7) is 9.49. The first-order valence-corrected chi connectivity index (χ1v) is 7.86. The SMILES string of the molecule is Cc1ccccc1C(NCC(C)(C)CC(C)O)C1CC1. The third-order valence-electron chi connectivity index (χ3n) is 4.27. The van der Waals surface area contributed by atoms with Gasteiger partial charge in [-0.2, -0.15) is 0 Å². The van der Waals surface area contributed by atoms with Crippen molar-refractivity contribution in [2.75, 3.05) is 6.54 Å². The molecule has 0 saturated heterocycles. The number of nitrogens with one attached hydrogen (secondary N) is 1. The maximum Gasteiger partial charge on any atom is 0.0517 e. The Morgan fingerprint density at radius 3 is 2.50 bits per heavy atom. The van der Waals surface area contributed by atoms with Crippen LogP contribution in [0.15, 0.2) is 24.3 Å². The maximum atomic E-state index is 9.61. The third-order valence-corrected chi connectivity index (χ3v) is 4.27. The highest BCUT2D eigenvalue weighted by Gasteiger charge is 2.34. The Kier molecular flexibility index (Phi) is 4.87. The highest BCUT2D eigenvalue weighted by Crippen LogP contribution is 2.42. The Balaban J connectivity index is 2.02. The van der Waals surface area contributed by atoms with Crippen molar-refractivity contribution in [3.8, 4) is 0 Å². The average molecular weight is 275 g/mol. The van der Waals surface area contributed by atoms with Crippen LogP contribution in [0, 0.1) is 18.3 Å². The molecule has 0 aromatic heterocycles. The van der Waals surface area contributed by atoms with Crippen LogP contribution in [0.1, 0.15) is 57.2 Å². The molecular weight excluding hydrogens is 246 g/mol. The molecule has 2 heteroatoms. The van der Waals surface area contributed by atoms with Crippen LogP contribution in [-0.4, -0.2) is 17.8 Å². The molecule has 1 aromatic rings. The fourth-order valence-electron chi connectivity index (χ4n) is 3.15. The van der Waals surface area contributed by atoms with Gasteiger partial charge in [0.05, 0.1) is 6.10 Å². The Morgan fingerprint density at radius 2 is 1.95 bits per heavy atom. The van der Waals surface area contributed by atoms with Crippen LogP contribution in [0.2, 0.25) is 0 Å². The number of hydrogen-bond acceptors (Lipinski definition) is 2. The van der Waals surface area contributed by atoms with Gasteiger partial charge < -0.3 is 10.4 Å². The van der Waals surface area contributed by atoms with Crippen molar-refractivity contribution < 1.29 is 5.11 Å². The van der Waals surface area contributed by atoms with E-state index in [4.69, 9.17) is 0 Å². The van der Waals surface area contributed by atoms with Gasteiger partial charge in [-0.3, -0.25) is 0 Å². The molecule has 1 aliphatic rings. The largest absolute Gasteiger partial charge is 0.393 e. The first-order chi connectivity index (χ1) is 9.39. The van der Waals surface area contributed by atoms with E-state index in [0.717, 1.165) is 18.9 Å². The molecule has 2 N–H and O–H groups in total. The first-order valence-electron chi connectivity index (χ1n) is 7.86. The zero-order valence-electron chi connectivity index (χ0n) is 13.3. The van der Waals surface area contributed by atoms with Crippen LogP contribution in [0.4, 0.5) is 0 Å². The smallest absolute Gasteiger partial charge is 0.0517 e. The predicted octanol–water partition coefficient (Wildman–Crippen LogP) is 3.83. The molecule has 2 nitrogen and oxygen atoms in total. The molecule has 0 bridgehead atoms. The van der Waals surface area contributed by atoms with Gasteiger partial charge in [0.1, 0.15) is 0 Å². The molecule has 0 amide bonds. The normalized spacial score (nSPS) is 18.9. The van der Waals surface area contributed by atoms with Crippen molar-refractivity contribution in [3.63, 3.8) is 0 Å². The number of benzene rings is 1. The molecule has 112 valence electrons. The number of aryl methyl sites for hydroxylation is 1. The summed E-state index contributed by atoms with van der Waals surface area (Å²) in [5, 5.41) is 13.4. The highest BCUT2D eigenvalue weighted by molar-refractivity contribution is 5.30. The quantitative estimate of drug-likeness (QED) is 0.792. The van der Waals surface area contributed by atoms with E-state index < -0.39 is 0 Å². The molecule has 1 aliphatic carbocycles. The van der Waals surface area contributed by atoms with Crippen molar-refractivity contribution >= 4 is 0 Å². The summed E-state index contributed by atoms with van der Waals surface area (Å²) in [5.74, 6) is 0.790. The third kappa shape index (κ3) is 4.32. The van der Waals surface area contributed by atoms with Gasteiger partial charge in [0.25, 0.3) is 0 Å². The first kappa shape index (κ1) is 15.5. The van der Waals surface area contributed by atoms with Crippen molar-refractivity contribution in [1.29, 1.82) is 0 Å². The molecule has 0 spiro atoms. The maximum absolute atomic E-state index is 9.61. The van der Waals surface area contributed by atoms with E-state index in [9.17, 15) is 5.11 Å². The predicted molar refractivity (Wildman–Crippen MR) is 84.7 cm³/mol. The van der Waals surface area contributed by atoms with Crippen molar-refractivity contribution in [2.45, 2.75) is 59.1 Å². The lowest BCUT2D eigenvalue weighted by Crippen LogP contribution is -2.35. The molecule has 2 unspecified atom stereocenters. The van der Waals surface area contributed by atoms with Gasteiger partial charge in [0.15, 0.2) is 0 Å². The Hall–Kier alpha value is -0.860. The van der Waals surface area contributed by atoms with Crippen LogP contribution in [0.3, 0.4) is 0 Å². The Morgan fingerprint density at radius 1 is 1.30 bits per heavy atom. The van der Waals surface area contributed by atoms with Gasteiger partial charge in [-0.1, -0.05) is 38.1 Å². The minimum absolute atomic E-state index is 0.129. The lowest BCUT2D eigenvalue weighted by atomic mass is 9.86. The van der Waals surface area contributed by atoms with Crippen LogP contribution in [0.5, 0.6) is 0 Å². The van der Waals surface area contributed by atoms with Crippen molar-refractivity contribution in [3.05, 3.63) is 35.4 Å². The zero-order chi connectivity index (χ0) is 14.8. The van der Waals surface area contributed by atoms with Gasteiger partial charge in [-0.05, 0) is 55.6 Å². The lowest BCUT2D eigenvalue weighted by Gasteiger charge is -2.30. The lowest BCUT2D eigenvalue weighted by molar-refractivity contribution is 0.125. The molecule has 1 aromatic carbocycles. The van der Waals surface area contributed by atoms with E-state index in [-0.39, 0.29) is 11.5 Å². The Labute approximate surface area is 123 Å². The molecule has 1 fully saturated rings. The number of aliphatic hydroxyl groups is 1. The van der Waals surface area contributed by atoms with E-state index in [1.54, 1.807) is 0 Å². The van der Waals surface area contributed by atoms with E-state index in [0.29, 0.717) is 6.04 Å². The summed E-state index contributed by atoms with van der Waals surface area (Å²) in [4.78, 5) is 0. The molecule has 0 heterocycles. The molecule has 1 saturated carbocycles.